The molecule has 0 aliphatic heterocycles. The van der Waals surface area contributed by atoms with Crippen molar-refractivity contribution in [2.24, 2.45) is 17.8 Å². The maximum absolute atomic E-state index is 12.2. The predicted molar refractivity (Wildman–Crippen MR) is 90.6 cm³/mol. The maximum Gasteiger partial charge on any atom is 0.336 e. The van der Waals surface area contributed by atoms with Gasteiger partial charge in [0.2, 0.25) is 0 Å². The third kappa shape index (κ3) is 2.97. The van der Waals surface area contributed by atoms with Gasteiger partial charge in [0.05, 0.1) is 0 Å². The minimum atomic E-state index is -0.410. The van der Waals surface area contributed by atoms with E-state index in [1.807, 2.05) is 25.1 Å². The van der Waals surface area contributed by atoms with E-state index < -0.39 is 5.63 Å². The zero-order chi connectivity index (χ0) is 16.7. The minimum absolute atomic E-state index is 0.130. The Morgan fingerprint density at radius 3 is 2.88 bits per heavy atom. The fourth-order valence-electron chi connectivity index (χ4n) is 4.51. The molecular weight excluding hydrogens is 304 g/mol. The topological polar surface area (TPSA) is 56.5 Å². The molecule has 0 N–H and O–H groups in total. The summed E-state index contributed by atoms with van der Waals surface area (Å²) in [6.45, 7) is 2.08. The van der Waals surface area contributed by atoms with Gasteiger partial charge >= 0.3 is 11.6 Å². The number of hydrogen-bond acceptors (Lipinski definition) is 4. The highest BCUT2D eigenvalue weighted by Crippen LogP contribution is 2.49. The largest absolute Gasteiger partial charge is 0.461 e. The second-order valence-corrected chi connectivity index (χ2v) is 7.39. The van der Waals surface area contributed by atoms with Crippen LogP contribution in [0.4, 0.5) is 0 Å². The highest BCUT2D eigenvalue weighted by Gasteiger charge is 2.40. The molecular formula is C20H22O4. The number of fused-ring (bicyclic) bond motifs is 3. The van der Waals surface area contributed by atoms with Crippen LogP contribution in [0.25, 0.3) is 11.0 Å². The molecule has 3 unspecified atom stereocenters. The Hall–Kier alpha value is -2.10. The van der Waals surface area contributed by atoms with Crippen molar-refractivity contribution in [3.8, 4) is 0 Å². The standard InChI is InChI=1S/C20H22O4/c1-12-2-5-17-16(10-20(22)24-18(17)6-12)11-23-19(21)9-15-8-13-3-4-14(15)7-13/h2,5-6,10,13-15H,3-4,7-9,11H2,1H3. The van der Waals surface area contributed by atoms with Gasteiger partial charge in [-0.05, 0) is 55.6 Å². The highest BCUT2D eigenvalue weighted by molar-refractivity contribution is 5.81. The Kier molecular flexibility index (Phi) is 3.91. The van der Waals surface area contributed by atoms with Gasteiger partial charge in [-0.2, -0.15) is 0 Å². The Balaban J connectivity index is 1.44. The van der Waals surface area contributed by atoms with E-state index in [-0.39, 0.29) is 12.6 Å². The van der Waals surface area contributed by atoms with Gasteiger partial charge in [-0.25, -0.2) is 4.79 Å². The highest BCUT2D eigenvalue weighted by atomic mass is 16.5. The molecule has 2 aliphatic carbocycles. The predicted octanol–water partition coefficient (Wildman–Crippen LogP) is 3.97. The van der Waals surface area contributed by atoms with Crippen molar-refractivity contribution in [3.63, 3.8) is 0 Å². The SMILES string of the molecule is Cc1ccc2c(COC(=O)CC3CC4CCC3C4)cc(=O)oc2c1. The van der Waals surface area contributed by atoms with Gasteiger partial charge in [-0.15, -0.1) is 0 Å². The van der Waals surface area contributed by atoms with E-state index >= 15 is 0 Å². The molecule has 2 fully saturated rings. The molecule has 4 rings (SSSR count). The van der Waals surface area contributed by atoms with Crippen LogP contribution in [0, 0.1) is 24.7 Å². The minimum Gasteiger partial charge on any atom is -0.461 e. The summed E-state index contributed by atoms with van der Waals surface area (Å²) in [7, 11) is 0. The zero-order valence-electron chi connectivity index (χ0n) is 13.9. The molecule has 1 aromatic carbocycles. The van der Waals surface area contributed by atoms with Crippen LogP contribution in [0.15, 0.2) is 33.5 Å². The van der Waals surface area contributed by atoms with Crippen molar-refractivity contribution in [1.29, 1.82) is 0 Å². The molecule has 2 saturated carbocycles. The van der Waals surface area contributed by atoms with E-state index in [0.717, 1.165) is 22.8 Å². The first-order valence-corrected chi connectivity index (χ1v) is 8.77. The fraction of sp³-hybridized carbons (Fsp3) is 0.500. The third-order valence-electron chi connectivity index (χ3n) is 5.69. The van der Waals surface area contributed by atoms with Gasteiger partial charge in [0.15, 0.2) is 0 Å². The van der Waals surface area contributed by atoms with Gasteiger partial charge in [0, 0.05) is 23.4 Å². The van der Waals surface area contributed by atoms with E-state index in [2.05, 4.69) is 0 Å². The summed E-state index contributed by atoms with van der Waals surface area (Å²) in [4.78, 5) is 23.9. The van der Waals surface area contributed by atoms with Gasteiger partial charge < -0.3 is 9.15 Å². The molecule has 0 spiro atoms. The number of ether oxygens (including phenoxy) is 1. The number of esters is 1. The lowest BCUT2D eigenvalue weighted by Crippen LogP contribution is -2.17. The summed E-state index contributed by atoms with van der Waals surface area (Å²) in [6.07, 6.45) is 5.59. The first kappa shape index (κ1) is 15.4. The van der Waals surface area contributed by atoms with Crippen LogP contribution in [-0.2, 0) is 16.1 Å². The summed E-state index contributed by atoms with van der Waals surface area (Å²) in [5.41, 5.74) is 1.87. The first-order chi connectivity index (χ1) is 11.6. The molecule has 4 heteroatoms. The van der Waals surface area contributed by atoms with Gasteiger partial charge in [-0.3, -0.25) is 4.79 Å². The molecule has 126 valence electrons. The Labute approximate surface area is 140 Å². The quantitative estimate of drug-likeness (QED) is 0.630. The summed E-state index contributed by atoms with van der Waals surface area (Å²) in [5, 5.41) is 0.827. The Morgan fingerprint density at radius 1 is 1.25 bits per heavy atom. The maximum atomic E-state index is 12.2. The van der Waals surface area contributed by atoms with E-state index in [4.69, 9.17) is 9.15 Å². The number of hydrogen-bond donors (Lipinski definition) is 0. The molecule has 2 aliphatic rings. The van der Waals surface area contributed by atoms with Crippen molar-refractivity contribution < 1.29 is 13.9 Å². The molecule has 1 heterocycles. The van der Waals surface area contributed by atoms with Crippen molar-refractivity contribution in [3.05, 3.63) is 45.8 Å². The van der Waals surface area contributed by atoms with E-state index in [9.17, 15) is 9.59 Å². The molecule has 0 radical (unpaired) electrons. The van der Waals surface area contributed by atoms with Crippen LogP contribution in [-0.4, -0.2) is 5.97 Å². The first-order valence-electron chi connectivity index (χ1n) is 8.77. The van der Waals surface area contributed by atoms with Gasteiger partial charge in [0.25, 0.3) is 0 Å². The van der Waals surface area contributed by atoms with Crippen LogP contribution < -0.4 is 5.63 Å². The summed E-state index contributed by atoms with van der Waals surface area (Å²) in [5.74, 6) is 1.89. The molecule has 4 nitrogen and oxygen atoms in total. The Morgan fingerprint density at radius 2 is 2.12 bits per heavy atom. The van der Waals surface area contributed by atoms with Crippen LogP contribution >= 0.6 is 0 Å². The number of carbonyl (C=O) groups is 1. The number of benzene rings is 1. The van der Waals surface area contributed by atoms with E-state index in [1.165, 1.54) is 31.7 Å². The number of rotatable bonds is 4. The second kappa shape index (κ2) is 6.08. The lowest BCUT2D eigenvalue weighted by atomic mass is 9.86. The summed E-state index contributed by atoms with van der Waals surface area (Å²) < 4.78 is 10.7. The lowest BCUT2D eigenvalue weighted by Gasteiger charge is -2.20. The Bertz CT molecular complexity index is 835. The smallest absolute Gasteiger partial charge is 0.336 e. The van der Waals surface area contributed by atoms with Gasteiger partial charge in [-0.1, -0.05) is 18.6 Å². The molecule has 2 aromatic rings. The van der Waals surface area contributed by atoms with Crippen molar-refractivity contribution in [2.45, 2.75) is 45.6 Å². The number of aryl methyl sites for hydroxylation is 1. The average Bonchev–Trinajstić information content (AvgIpc) is 3.14. The second-order valence-electron chi connectivity index (χ2n) is 7.39. The fourth-order valence-corrected chi connectivity index (χ4v) is 4.51. The van der Waals surface area contributed by atoms with Gasteiger partial charge in [0.1, 0.15) is 12.2 Å². The third-order valence-corrected chi connectivity index (χ3v) is 5.69. The summed E-state index contributed by atoms with van der Waals surface area (Å²) >= 11 is 0. The van der Waals surface area contributed by atoms with Crippen LogP contribution in [0.2, 0.25) is 0 Å². The van der Waals surface area contributed by atoms with Crippen LogP contribution in [0.1, 0.15) is 43.2 Å². The number of carbonyl (C=O) groups excluding carboxylic acids is 1. The molecule has 3 atom stereocenters. The summed E-state index contributed by atoms with van der Waals surface area (Å²) in [6, 6.07) is 7.12. The van der Waals surface area contributed by atoms with E-state index in [0.29, 0.717) is 23.5 Å². The molecule has 1 aromatic heterocycles. The van der Waals surface area contributed by atoms with Crippen molar-refractivity contribution in [1.82, 2.24) is 0 Å². The van der Waals surface area contributed by atoms with Crippen LogP contribution in [0.3, 0.4) is 0 Å². The average molecular weight is 326 g/mol. The molecule has 0 saturated heterocycles. The molecule has 0 amide bonds. The zero-order valence-corrected chi connectivity index (χ0v) is 13.9. The van der Waals surface area contributed by atoms with Crippen molar-refractivity contribution in [2.75, 3.05) is 0 Å². The van der Waals surface area contributed by atoms with E-state index in [1.54, 1.807) is 0 Å². The molecule has 24 heavy (non-hydrogen) atoms. The lowest BCUT2D eigenvalue weighted by molar-refractivity contribution is -0.146. The normalized spacial score (nSPS) is 25.3. The molecule has 2 bridgehead atoms. The van der Waals surface area contributed by atoms with Crippen molar-refractivity contribution >= 4 is 16.9 Å². The monoisotopic (exact) mass is 326 g/mol. The van der Waals surface area contributed by atoms with Crippen LogP contribution in [0.5, 0.6) is 0 Å².